The van der Waals surface area contributed by atoms with E-state index in [1.807, 2.05) is 134 Å². The Hall–Kier alpha value is -9.34. The van der Waals surface area contributed by atoms with Gasteiger partial charge in [0.15, 0.2) is 0 Å². The first-order chi connectivity index (χ1) is 48.2. The highest BCUT2D eigenvalue weighted by Gasteiger charge is 2.54. The number of benzene rings is 6. The molecule has 0 aromatic heterocycles. The van der Waals surface area contributed by atoms with Crippen molar-refractivity contribution >= 4 is 83.4 Å². The van der Waals surface area contributed by atoms with Crippen LogP contribution in [0.5, 0.6) is 0 Å². The number of carbonyl (C=O) groups is 6. The summed E-state index contributed by atoms with van der Waals surface area (Å²) in [5.74, 6) is -7.04. The van der Waals surface area contributed by atoms with E-state index in [9.17, 15) is 28.8 Å². The van der Waals surface area contributed by atoms with Crippen LogP contribution < -0.4 is 22.9 Å². The van der Waals surface area contributed by atoms with E-state index in [0.29, 0.717) is 43.2 Å². The van der Waals surface area contributed by atoms with Gasteiger partial charge in [-0.15, -0.1) is 0 Å². The van der Waals surface area contributed by atoms with E-state index in [1.165, 1.54) is 0 Å². The minimum Gasteiger partial charge on any atom is -0.464 e. The van der Waals surface area contributed by atoms with E-state index in [0.717, 1.165) is 45.0 Å². The molecule has 0 spiro atoms. The van der Waals surface area contributed by atoms with Crippen LogP contribution in [-0.2, 0) is 47.6 Å². The fourth-order valence-electron chi connectivity index (χ4n) is 17.0. The topological polar surface area (TPSA) is 311 Å². The van der Waals surface area contributed by atoms with Gasteiger partial charge in [-0.3, -0.25) is 39.1 Å². The van der Waals surface area contributed by atoms with Crippen molar-refractivity contribution in [3.8, 4) is 0 Å². The zero-order valence-electron chi connectivity index (χ0n) is 55.3. The van der Waals surface area contributed by atoms with E-state index >= 15 is 0 Å². The van der Waals surface area contributed by atoms with Gasteiger partial charge in [-0.25, -0.2) is 9.59 Å². The zero-order valence-corrected chi connectivity index (χ0v) is 55.3. The van der Waals surface area contributed by atoms with Gasteiger partial charge >= 0.3 is 35.8 Å². The molecule has 3 fully saturated rings. The average molecular weight is 1340 g/mol. The lowest BCUT2D eigenvalue weighted by atomic mass is 9.73. The van der Waals surface area contributed by atoms with Gasteiger partial charge in [0.25, 0.3) is 0 Å². The number of nitrogens with two attached hydrogens (primary N) is 4. The third-order valence-electron chi connectivity index (χ3n) is 21.9. The van der Waals surface area contributed by atoms with Gasteiger partial charge in [0.2, 0.25) is 0 Å². The molecule has 6 aromatic rings. The number of hydrogen-bond acceptors (Lipinski definition) is 20. The smallest absolute Gasteiger partial charge is 0.338 e. The molecule has 4 heterocycles. The molecule has 6 aromatic carbocycles. The summed E-state index contributed by atoms with van der Waals surface area (Å²) in [6, 6.07) is 44.6. The molecule has 8 N–H and O–H groups in total. The number of carbonyl (C=O) groups excluding carboxylic acids is 6. The first-order valence-corrected chi connectivity index (χ1v) is 34.9. The molecule has 7 aliphatic rings. The molecule has 0 amide bonds. The van der Waals surface area contributed by atoms with Gasteiger partial charge in [-0.2, -0.15) is 0 Å². The molecule has 0 radical (unpaired) electrons. The van der Waals surface area contributed by atoms with Crippen LogP contribution in [-0.4, -0.2) is 124 Å². The average Bonchev–Trinajstić information content (AvgIpc) is 1.62. The molecule has 3 aliphatic carbocycles. The summed E-state index contributed by atoms with van der Waals surface area (Å²) in [5, 5.41) is 0. The van der Waals surface area contributed by atoms with Crippen molar-refractivity contribution in [2.24, 2.45) is 102 Å². The highest BCUT2D eigenvalue weighted by Crippen LogP contribution is 2.57. The number of para-hydroxylation sites is 4. The van der Waals surface area contributed by atoms with E-state index in [-0.39, 0.29) is 136 Å². The summed E-state index contributed by atoms with van der Waals surface area (Å²) >= 11 is 0. The number of aliphatic imine (C=N–C) groups is 4. The lowest BCUT2D eigenvalue weighted by molar-refractivity contribution is -0.148. The van der Waals surface area contributed by atoms with Gasteiger partial charge in [0.1, 0.15) is 24.2 Å². The van der Waals surface area contributed by atoms with Crippen LogP contribution in [0.3, 0.4) is 0 Å². The number of fused-ring (bicyclic) bond motifs is 4. The van der Waals surface area contributed by atoms with Crippen molar-refractivity contribution in [3.63, 3.8) is 0 Å². The number of hydrogen-bond donors (Lipinski definition) is 4. The van der Waals surface area contributed by atoms with E-state index in [4.69, 9.17) is 51.4 Å². The third kappa shape index (κ3) is 15.7. The molecule has 4 aliphatic heterocycles. The molecule has 514 valence electrons. The molecule has 20 heteroatoms. The summed E-state index contributed by atoms with van der Waals surface area (Å²) in [7, 11) is 0. The van der Waals surface area contributed by atoms with Crippen LogP contribution in [0, 0.1) is 59.2 Å². The van der Waals surface area contributed by atoms with Gasteiger partial charge in [0, 0.05) is 60.4 Å². The number of nitrogens with zero attached hydrogens (tertiary/aromatic N) is 4. The molecule has 20 nitrogen and oxygen atoms in total. The molecule has 99 heavy (non-hydrogen) atoms. The second-order valence-corrected chi connectivity index (χ2v) is 27.9. The summed E-state index contributed by atoms with van der Waals surface area (Å²) in [5.41, 5.74) is 34.8. The molecular weight excluding hydrogens is 1250 g/mol. The minimum absolute atomic E-state index is 0.0184. The van der Waals surface area contributed by atoms with Gasteiger partial charge in [-0.1, -0.05) is 109 Å². The van der Waals surface area contributed by atoms with Crippen LogP contribution in [0.25, 0.3) is 0 Å². The van der Waals surface area contributed by atoms with Crippen molar-refractivity contribution in [1.29, 1.82) is 0 Å². The van der Waals surface area contributed by atoms with E-state index < -0.39 is 71.8 Å². The fourth-order valence-corrected chi connectivity index (χ4v) is 17.0. The summed E-state index contributed by atoms with van der Waals surface area (Å²) < 4.78 is 37.7. The maximum absolute atomic E-state index is 14.3. The second-order valence-electron chi connectivity index (χ2n) is 27.9. The van der Waals surface area contributed by atoms with Crippen molar-refractivity contribution in [2.75, 3.05) is 39.6 Å². The summed E-state index contributed by atoms with van der Waals surface area (Å²) in [6.45, 7) is -0.217. The fraction of sp³-hybridized carbons (Fsp3) is 0.418. The van der Waals surface area contributed by atoms with Crippen LogP contribution in [0.4, 0.5) is 22.7 Å². The van der Waals surface area contributed by atoms with Crippen LogP contribution in [0.15, 0.2) is 178 Å². The Morgan fingerprint density at radius 3 is 0.909 bits per heavy atom. The molecule has 13 rings (SSSR count). The SMILES string of the molecule is N[C@@H](CC1C=Nc2ccccc21)C(=O)OC[C@@H]1C[C@H](COC(=O)[C@@H](N)CC2C=Nc3ccccc32)[C@H](COC(=O)c2ccccc2)C1C1CCC(C2[C@@H](COC(=O)[C@@H](N)CC3C=Nc4ccccc43)C[C@@H](COC(=O)[C@@H](N)CC3C=Nc4ccccc43)[C@H]2COC(=O)c2ccccc2)C1. The second kappa shape index (κ2) is 31.2. The lowest BCUT2D eigenvalue weighted by Crippen LogP contribution is -2.37. The van der Waals surface area contributed by atoms with E-state index in [2.05, 4.69) is 20.0 Å². The highest BCUT2D eigenvalue weighted by molar-refractivity contribution is 5.90. The standard InChI is InChI=1S/C79H86N8O12/c80-64(32-50-36-84-68-23-11-7-19-58(50)68)76(90)94-40-54-30-56(42-96-78(92)66(82)34-52-38-86-70-25-13-9-21-60(52)70)72(62(54)44-98-74(88)46-15-3-1-4-16-46)48-27-28-49(29-48)73-57(43-97-79(93)67(83)35-53-39-87-71-26-14-10-22-61(53)71)31-55(63(73)45-99-75(89)47-17-5-2-6-18-47)41-95-77(91)65(81)33-51-37-85-69-24-12-8-20-59(51)69/h1-26,36-39,48-57,62-67,72-73H,27-35,40-45,80-83H2/t48?,49?,50?,51?,52?,53?,54-,55+,56+,57-,62+,63-,64-,65-,66-,67-,72?,73?/m0/s1. The Morgan fingerprint density at radius 1 is 0.333 bits per heavy atom. The Bertz CT molecular complexity index is 3760. The molecular formula is C79H86N8O12. The molecule has 0 bridgehead atoms. The summed E-state index contributed by atoms with van der Waals surface area (Å²) in [4.78, 5) is 103. The van der Waals surface area contributed by atoms with E-state index in [1.54, 1.807) is 48.5 Å². The zero-order chi connectivity index (χ0) is 68.5. The first kappa shape index (κ1) is 68.2. The maximum Gasteiger partial charge on any atom is 0.338 e. The number of esters is 6. The van der Waals surface area contributed by atoms with Crippen LogP contribution in [0.2, 0.25) is 0 Å². The monoisotopic (exact) mass is 1340 g/mol. The Balaban J connectivity index is 0.787. The lowest BCUT2D eigenvalue weighted by Gasteiger charge is -2.34. The van der Waals surface area contributed by atoms with Crippen molar-refractivity contribution in [3.05, 3.63) is 191 Å². The quantitative estimate of drug-likeness (QED) is 0.0262. The van der Waals surface area contributed by atoms with Crippen molar-refractivity contribution in [2.45, 2.75) is 106 Å². The number of rotatable bonds is 28. The highest BCUT2D eigenvalue weighted by atomic mass is 16.6. The largest absolute Gasteiger partial charge is 0.464 e. The van der Waals surface area contributed by atoms with Crippen LogP contribution >= 0.6 is 0 Å². The number of ether oxygens (including phenoxy) is 6. The van der Waals surface area contributed by atoms with Crippen molar-refractivity contribution < 1.29 is 57.2 Å². The minimum atomic E-state index is -0.979. The molecule has 3 saturated carbocycles. The predicted molar refractivity (Wildman–Crippen MR) is 375 cm³/mol. The maximum atomic E-state index is 14.3. The molecule has 18 atom stereocenters. The van der Waals surface area contributed by atoms with Gasteiger partial charge < -0.3 is 51.4 Å². The third-order valence-corrected chi connectivity index (χ3v) is 21.9. The Morgan fingerprint density at radius 2 is 0.606 bits per heavy atom. The first-order valence-electron chi connectivity index (χ1n) is 34.9. The Kier molecular flexibility index (Phi) is 21.5. The van der Waals surface area contributed by atoms with Gasteiger partial charge in [0.05, 0.1) is 73.5 Å². The normalized spacial score (nSPS) is 26.9. The molecule has 0 saturated heterocycles. The summed E-state index contributed by atoms with van der Waals surface area (Å²) in [6.07, 6.45) is 11.2. The van der Waals surface area contributed by atoms with Gasteiger partial charge in [-0.05, 0) is 176 Å². The van der Waals surface area contributed by atoms with Crippen molar-refractivity contribution in [1.82, 2.24) is 0 Å². The van der Waals surface area contributed by atoms with Crippen LogP contribution in [0.1, 0.15) is 124 Å². The predicted octanol–water partition coefficient (Wildman–Crippen LogP) is 10.9. The molecule has 8 unspecified atom stereocenters. The Labute approximate surface area is 576 Å².